The minimum absolute atomic E-state index is 0. The first-order valence-corrected chi connectivity index (χ1v) is 2.16. The molecule has 0 aromatic heterocycles. The molecule has 0 atom stereocenters. The van der Waals surface area contributed by atoms with Crippen LogP contribution in [0.25, 0.3) is 0 Å². The normalized spacial score (nSPS) is 5.91. The van der Waals surface area contributed by atoms with Gasteiger partial charge in [0.15, 0.2) is 0 Å². The van der Waals surface area contributed by atoms with E-state index in [-0.39, 0.29) is 51.4 Å². The number of hydrogen-bond acceptors (Lipinski definition) is 3. The summed E-state index contributed by atoms with van der Waals surface area (Å²) in [5.74, 6) is -0.394. The maximum absolute atomic E-state index is 9.84. The molecule has 0 spiro atoms. The van der Waals surface area contributed by atoms with E-state index in [1.807, 2.05) is 0 Å². The molecule has 0 fully saturated rings. The van der Waals surface area contributed by atoms with Crippen molar-refractivity contribution in [2.75, 3.05) is 7.11 Å². The third-order valence-electron chi connectivity index (χ3n) is 0.368. The quantitative estimate of drug-likeness (QED) is 0.341. The number of carbonyl (C=O) groups excluding carboxylic acids is 1. The summed E-state index contributed by atoms with van der Waals surface area (Å²) in [5.41, 5.74) is 0. The fourth-order valence-electron chi connectivity index (χ4n) is 0.0833. The second kappa shape index (κ2) is 12.8. The molecule has 60 valence electrons. The molecule has 0 aliphatic rings. The van der Waals surface area contributed by atoms with Gasteiger partial charge in [0.2, 0.25) is 0 Å². The number of carbonyl (C=O) groups is 2. The zero-order chi connectivity index (χ0) is 8.57. The van der Waals surface area contributed by atoms with Gasteiger partial charge in [-0.15, -0.1) is 0 Å². The molecule has 0 aromatic carbocycles. The molecule has 0 radical (unpaired) electrons. The molecule has 11 heavy (non-hydrogen) atoms. The van der Waals surface area contributed by atoms with Gasteiger partial charge < -0.3 is 14.9 Å². The molecule has 0 bridgehead atoms. The van der Waals surface area contributed by atoms with Crippen molar-refractivity contribution in [2.45, 2.75) is 0 Å². The fourth-order valence-corrected chi connectivity index (χ4v) is 0.0833. The molecule has 0 aliphatic carbocycles. The molecular weight excluding hydrogens is 179 g/mol. The van der Waals surface area contributed by atoms with Crippen molar-refractivity contribution in [3.05, 3.63) is 12.7 Å². The van der Waals surface area contributed by atoms with E-state index in [1.165, 1.54) is 7.11 Å². The zero-order valence-electron chi connectivity index (χ0n) is 5.40. The Morgan fingerprint density at radius 3 is 1.73 bits per heavy atom. The average molecular weight is 188 g/mol. The molecule has 2 N–H and O–H groups in total. The van der Waals surface area contributed by atoms with E-state index >= 15 is 0 Å². The molecule has 0 unspecified atom stereocenters. The van der Waals surface area contributed by atoms with Crippen LogP contribution in [-0.2, 0) is 9.53 Å². The summed E-state index contributed by atoms with van der Waals surface area (Å²) in [6.45, 7) is 3.16. The van der Waals surface area contributed by atoms with Crippen LogP contribution < -0.4 is 0 Å². The van der Waals surface area contributed by atoms with Crippen LogP contribution in [0.1, 0.15) is 0 Å². The van der Waals surface area contributed by atoms with Crippen LogP contribution in [0, 0.1) is 0 Å². The molecular formula is C5H9KO5. The van der Waals surface area contributed by atoms with Gasteiger partial charge in [0.25, 0.3) is 0 Å². The van der Waals surface area contributed by atoms with Crippen molar-refractivity contribution in [2.24, 2.45) is 0 Å². The summed E-state index contributed by atoms with van der Waals surface area (Å²) < 4.78 is 4.14. The van der Waals surface area contributed by atoms with Gasteiger partial charge in [-0.05, 0) is 0 Å². The van der Waals surface area contributed by atoms with Crippen molar-refractivity contribution < 1.29 is 24.5 Å². The van der Waals surface area contributed by atoms with Crippen molar-refractivity contribution in [3.63, 3.8) is 0 Å². The predicted molar refractivity (Wildman–Crippen MR) is 40.0 cm³/mol. The van der Waals surface area contributed by atoms with E-state index in [1.54, 1.807) is 0 Å². The van der Waals surface area contributed by atoms with Crippen LogP contribution in [0.15, 0.2) is 12.7 Å². The Hall–Kier alpha value is 0.116. The SMILES string of the molecule is C=CC(=O)OC.O=C(O)O.[KH]. The molecule has 6 heteroatoms. The summed E-state index contributed by atoms with van der Waals surface area (Å²) in [6.07, 6.45) is -0.722. The van der Waals surface area contributed by atoms with Crippen molar-refractivity contribution in [3.8, 4) is 0 Å². The van der Waals surface area contributed by atoms with Gasteiger partial charge in [0.1, 0.15) is 0 Å². The summed E-state index contributed by atoms with van der Waals surface area (Å²) in [7, 11) is 1.31. The first-order valence-electron chi connectivity index (χ1n) is 2.16. The molecule has 0 saturated carbocycles. The maximum atomic E-state index is 9.84. The van der Waals surface area contributed by atoms with Gasteiger partial charge in [-0.2, -0.15) is 0 Å². The minimum atomic E-state index is -1.83. The standard InChI is InChI=1S/C4H6O2.CH2O3.K.H/c1-3-4(5)6-2;2-1(3)4;;/h3H,1H2,2H3;(H2,2,3,4);;. The Morgan fingerprint density at radius 1 is 1.45 bits per heavy atom. The molecule has 0 rings (SSSR count). The molecule has 5 nitrogen and oxygen atoms in total. The van der Waals surface area contributed by atoms with Crippen LogP contribution >= 0.6 is 0 Å². The van der Waals surface area contributed by atoms with Gasteiger partial charge in [-0.1, -0.05) is 6.58 Å². The Morgan fingerprint density at radius 2 is 1.73 bits per heavy atom. The summed E-state index contributed by atoms with van der Waals surface area (Å²) >= 11 is 0. The van der Waals surface area contributed by atoms with Gasteiger partial charge >= 0.3 is 63.5 Å². The third-order valence-corrected chi connectivity index (χ3v) is 0.368. The van der Waals surface area contributed by atoms with E-state index < -0.39 is 12.1 Å². The van der Waals surface area contributed by atoms with E-state index in [0.717, 1.165) is 6.08 Å². The molecule has 0 saturated heterocycles. The van der Waals surface area contributed by atoms with Crippen molar-refractivity contribution >= 4 is 63.5 Å². The number of ether oxygens (including phenoxy) is 1. The van der Waals surface area contributed by atoms with Gasteiger partial charge in [-0.25, -0.2) is 9.59 Å². The monoisotopic (exact) mass is 188 g/mol. The Kier molecular flexibility index (Phi) is 20.0. The Bertz CT molecular complexity index is 129. The van der Waals surface area contributed by atoms with Crippen LogP contribution in [-0.4, -0.2) is 80.8 Å². The van der Waals surface area contributed by atoms with Crippen LogP contribution in [0.2, 0.25) is 0 Å². The average Bonchev–Trinajstić information content (AvgIpc) is 1.85. The van der Waals surface area contributed by atoms with E-state index in [4.69, 9.17) is 15.0 Å². The molecule has 0 heterocycles. The number of rotatable bonds is 1. The van der Waals surface area contributed by atoms with Gasteiger partial charge in [0, 0.05) is 6.08 Å². The second-order valence-electron chi connectivity index (χ2n) is 1.01. The van der Waals surface area contributed by atoms with Crippen LogP contribution in [0.5, 0.6) is 0 Å². The first-order chi connectivity index (χ1) is 4.54. The molecule has 0 amide bonds. The van der Waals surface area contributed by atoms with Crippen molar-refractivity contribution in [1.29, 1.82) is 0 Å². The third kappa shape index (κ3) is 39.3. The van der Waals surface area contributed by atoms with Gasteiger partial charge in [0.05, 0.1) is 7.11 Å². The second-order valence-corrected chi connectivity index (χ2v) is 1.01. The topological polar surface area (TPSA) is 83.8 Å². The Labute approximate surface area is 106 Å². The number of hydrogen-bond donors (Lipinski definition) is 2. The zero-order valence-corrected chi connectivity index (χ0v) is 5.40. The van der Waals surface area contributed by atoms with E-state index in [2.05, 4.69) is 11.3 Å². The molecule has 0 aromatic rings. The van der Waals surface area contributed by atoms with E-state index in [9.17, 15) is 4.79 Å². The number of methoxy groups -OCH3 is 1. The first kappa shape index (κ1) is 17.3. The van der Waals surface area contributed by atoms with Gasteiger partial charge in [-0.3, -0.25) is 0 Å². The number of carboxylic acid groups (broad SMARTS) is 2. The summed E-state index contributed by atoms with van der Waals surface area (Å²) in [4.78, 5) is 18.4. The Balaban J connectivity index is -0.000000114. The summed E-state index contributed by atoms with van der Waals surface area (Å²) in [6, 6.07) is 0. The van der Waals surface area contributed by atoms with Crippen LogP contribution in [0.3, 0.4) is 0 Å². The van der Waals surface area contributed by atoms with E-state index in [0.29, 0.717) is 0 Å². The summed E-state index contributed by atoms with van der Waals surface area (Å²) in [5, 5.41) is 13.9. The predicted octanol–water partition coefficient (Wildman–Crippen LogP) is -0.0807. The number of esters is 1. The van der Waals surface area contributed by atoms with Crippen molar-refractivity contribution in [1.82, 2.24) is 0 Å². The molecule has 0 aliphatic heterocycles. The fraction of sp³-hybridized carbons (Fsp3) is 0.200. The van der Waals surface area contributed by atoms with Crippen LogP contribution in [0.4, 0.5) is 4.79 Å².